The third-order valence-corrected chi connectivity index (χ3v) is 4.70. The van der Waals surface area contributed by atoms with Gasteiger partial charge in [-0.25, -0.2) is 0 Å². The van der Waals surface area contributed by atoms with Gasteiger partial charge in [-0.3, -0.25) is 9.59 Å². The Kier molecular flexibility index (Phi) is 3.94. The van der Waals surface area contributed by atoms with Gasteiger partial charge < -0.3 is 9.80 Å². The van der Waals surface area contributed by atoms with Crippen LogP contribution in [-0.4, -0.2) is 47.8 Å². The lowest BCUT2D eigenvalue weighted by Gasteiger charge is -2.35. The topological polar surface area (TPSA) is 40.6 Å². The number of piperazine rings is 1. The molecule has 118 valence electrons. The Morgan fingerprint density at radius 3 is 1.91 bits per heavy atom. The molecule has 2 amide bonds. The summed E-state index contributed by atoms with van der Waals surface area (Å²) in [5, 5.41) is 0. The Morgan fingerprint density at radius 2 is 1.41 bits per heavy atom. The molecule has 0 spiro atoms. The quantitative estimate of drug-likeness (QED) is 0.841. The van der Waals surface area contributed by atoms with Crippen LogP contribution in [0.2, 0.25) is 0 Å². The smallest absolute Gasteiger partial charge is 0.254 e. The number of carbonyl (C=O) groups excluding carboxylic acids is 2. The van der Waals surface area contributed by atoms with Crippen molar-refractivity contribution in [1.29, 1.82) is 0 Å². The molecule has 22 heavy (non-hydrogen) atoms. The third-order valence-electron chi connectivity index (χ3n) is 4.70. The first-order valence-corrected chi connectivity index (χ1v) is 8.13. The molecule has 0 atom stereocenters. The molecule has 0 N–H and O–H groups in total. The number of amides is 2. The Balaban J connectivity index is 1.68. The summed E-state index contributed by atoms with van der Waals surface area (Å²) in [6, 6.07) is 4.13. The maximum Gasteiger partial charge on any atom is 0.254 e. The summed E-state index contributed by atoms with van der Waals surface area (Å²) in [6.07, 6.45) is 2.08. The molecule has 1 aliphatic heterocycles. The molecule has 3 rings (SSSR count). The van der Waals surface area contributed by atoms with Crippen molar-refractivity contribution in [3.05, 3.63) is 34.4 Å². The van der Waals surface area contributed by atoms with Crippen molar-refractivity contribution < 1.29 is 9.59 Å². The van der Waals surface area contributed by atoms with E-state index < -0.39 is 0 Å². The first kappa shape index (κ1) is 15.1. The predicted molar refractivity (Wildman–Crippen MR) is 85.9 cm³/mol. The minimum Gasteiger partial charge on any atom is -0.339 e. The number of hydrogen-bond acceptors (Lipinski definition) is 2. The van der Waals surface area contributed by atoms with Gasteiger partial charge in [0.15, 0.2) is 0 Å². The largest absolute Gasteiger partial charge is 0.339 e. The van der Waals surface area contributed by atoms with Crippen LogP contribution in [0.25, 0.3) is 0 Å². The second-order valence-corrected chi connectivity index (χ2v) is 6.67. The van der Waals surface area contributed by atoms with Gasteiger partial charge in [0.05, 0.1) is 0 Å². The van der Waals surface area contributed by atoms with Crippen molar-refractivity contribution in [2.24, 2.45) is 5.92 Å². The van der Waals surface area contributed by atoms with Gasteiger partial charge in [-0.1, -0.05) is 17.7 Å². The van der Waals surface area contributed by atoms with Crippen molar-refractivity contribution in [3.8, 4) is 0 Å². The summed E-state index contributed by atoms with van der Waals surface area (Å²) in [5.41, 5.74) is 4.09. The van der Waals surface area contributed by atoms with E-state index in [1.807, 2.05) is 23.6 Å². The van der Waals surface area contributed by atoms with E-state index in [4.69, 9.17) is 0 Å². The number of nitrogens with zero attached hydrogens (tertiary/aromatic N) is 2. The van der Waals surface area contributed by atoms with Crippen molar-refractivity contribution in [3.63, 3.8) is 0 Å². The van der Waals surface area contributed by atoms with Crippen LogP contribution < -0.4 is 0 Å². The third kappa shape index (κ3) is 2.87. The summed E-state index contributed by atoms with van der Waals surface area (Å²) in [5.74, 6) is 0.659. The molecule has 2 fully saturated rings. The molecule has 1 heterocycles. The summed E-state index contributed by atoms with van der Waals surface area (Å²) < 4.78 is 0. The highest BCUT2D eigenvalue weighted by Gasteiger charge is 2.35. The standard InChI is InChI=1S/C18H24N2O2/c1-12-10-13(2)16(14(3)11-12)18(22)20-8-6-19(7-9-20)17(21)15-4-5-15/h10-11,15H,4-9H2,1-3H3. The fourth-order valence-electron chi connectivity index (χ4n) is 3.39. The molecule has 1 aromatic rings. The van der Waals surface area contributed by atoms with Gasteiger partial charge in [-0.05, 0) is 44.7 Å². The van der Waals surface area contributed by atoms with Gasteiger partial charge in [0, 0.05) is 37.7 Å². The zero-order chi connectivity index (χ0) is 15.9. The predicted octanol–water partition coefficient (Wildman–Crippen LogP) is 2.31. The first-order chi connectivity index (χ1) is 10.5. The highest BCUT2D eigenvalue weighted by molar-refractivity contribution is 5.97. The molecule has 4 nitrogen and oxygen atoms in total. The normalized spacial score (nSPS) is 18.5. The zero-order valence-corrected chi connectivity index (χ0v) is 13.7. The molecular weight excluding hydrogens is 276 g/mol. The average Bonchev–Trinajstić information content (AvgIpc) is 3.30. The van der Waals surface area contributed by atoms with Gasteiger partial charge in [0.2, 0.25) is 5.91 Å². The number of benzene rings is 1. The summed E-state index contributed by atoms with van der Waals surface area (Å²) in [7, 11) is 0. The fourth-order valence-corrected chi connectivity index (χ4v) is 3.39. The van der Waals surface area contributed by atoms with E-state index in [2.05, 4.69) is 19.1 Å². The maximum atomic E-state index is 12.8. The zero-order valence-electron chi connectivity index (χ0n) is 13.7. The lowest BCUT2D eigenvalue weighted by atomic mass is 9.98. The fraction of sp³-hybridized carbons (Fsp3) is 0.556. The number of aryl methyl sites for hydroxylation is 3. The molecule has 0 radical (unpaired) electrons. The van der Waals surface area contributed by atoms with Gasteiger partial charge in [0.1, 0.15) is 0 Å². The average molecular weight is 300 g/mol. The Morgan fingerprint density at radius 1 is 0.909 bits per heavy atom. The van der Waals surface area contributed by atoms with E-state index in [0.29, 0.717) is 26.2 Å². The molecule has 0 unspecified atom stereocenters. The first-order valence-electron chi connectivity index (χ1n) is 8.13. The lowest BCUT2D eigenvalue weighted by molar-refractivity contribution is -0.134. The number of carbonyl (C=O) groups is 2. The monoisotopic (exact) mass is 300 g/mol. The molecule has 1 aliphatic carbocycles. The van der Waals surface area contributed by atoms with Gasteiger partial charge in [0.25, 0.3) is 5.91 Å². The van der Waals surface area contributed by atoms with Crippen LogP contribution in [-0.2, 0) is 4.79 Å². The van der Waals surface area contributed by atoms with Gasteiger partial charge in [-0.2, -0.15) is 0 Å². The van der Waals surface area contributed by atoms with Crippen LogP contribution in [0.1, 0.15) is 39.9 Å². The highest BCUT2D eigenvalue weighted by atomic mass is 16.2. The van der Waals surface area contributed by atoms with Crippen molar-refractivity contribution in [2.75, 3.05) is 26.2 Å². The minimum absolute atomic E-state index is 0.105. The Bertz CT molecular complexity index is 589. The SMILES string of the molecule is Cc1cc(C)c(C(=O)N2CCN(C(=O)C3CC3)CC2)c(C)c1. The van der Waals surface area contributed by atoms with Crippen LogP contribution in [0.3, 0.4) is 0 Å². The van der Waals surface area contributed by atoms with E-state index in [1.54, 1.807) is 0 Å². The highest BCUT2D eigenvalue weighted by Crippen LogP contribution is 2.31. The minimum atomic E-state index is 0.105. The van der Waals surface area contributed by atoms with E-state index in [9.17, 15) is 9.59 Å². The Hall–Kier alpha value is -1.84. The molecule has 0 bridgehead atoms. The Labute approximate surface area is 132 Å². The van der Waals surface area contributed by atoms with Crippen molar-refractivity contribution in [2.45, 2.75) is 33.6 Å². The van der Waals surface area contributed by atoms with E-state index in [1.165, 1.54) is 5.56 Å². The number of rotatable bonds is 2. The summed E-state index contributed by atoms with van der Waals surface area (Å²) in [4.78, 5) is 28.7. The molecule has 4 heteroatoms. The second kappa shape index (κ2) is 5.75. The summed E-state index contributed by atoms with van der Waals surface area (Å²) >= 11 is 0. The lowest BCUT2D eigenvalue weighted by Crippen LogP contribution is -2.51. The van der Waals surface area contributed by atoms with E-state index in [-0.39, 0.29) is 17.7 Å². The molecule has 1 saturated heterocycles. The van der Waals surface area contributed by atoms with Gasteiger partial charge in [-0.15, -0.1) is 0 Å². The molecule has 1 saturated carbocycles. The van der Waals surface area contributed by atoms with Crippen LogP contribution in [0.15, 0.2) is 12.1 Å². The maximum absolute atomic E-state index is 12.8. The van der Waals surface area contributed by atoms with Crippen LogP contribution >= 0.6 is 0 Å². The summed E-state index contributed by atoms with van der Waals surface area (Å²) in [6.45, 7) is 8.68. The molecular formula is C18H24N2O2. The van der Waals surface area contributed by atoms with Crippen molar-refractivity contribution >= 4 is 11.8 Å². The van der Waals surface area contributed by atoms with Crippen LogP contribution in [0.5, 0.6) is 0 Å². The van der Waals surface area contributed by atoms with Gasteiger partial charge >= 0.3 is 0 Å². The number of hydrogen-bond donors (Lipinski definition) is 0. The van der Waals surface area contributed by atoms with Crippen LogP contribution in [0.4, 0.5) is 0 Å². The van der Waals surface area contributed by atoms with E-state index >= 15 is 0 Å². The van der Waals surface area contributed by atoms with Crippen LogP contribution in [0, 0.1) is 26.7 Å². The molecule has 1 aromatic carbocycles. The molecule has 0 aromatic heterocycles. The van der Waals surface area contributed by atoms with E-state index in [0.717, 1.165) is 29.5 Å². The molecule has 2 aliphatic rings. The second-order valence-electron chi connectivity index (χ2n) is 6.67. The van der Waals surface area contributed by atoms with Crippen molar-refractivity contribution in [1.82, 2.24) is 9.80 Å².